The number of ether oxygens (including phenoxy) is 1. The summed E-state index contributed by atoms with van der Waals surface area (Å²) < 4.78 is 5.20. The molecule has 0 fully saturated rings. The summed E-state index contributed by atoms with van der Waals surface area (Å²) in [4.78, 5) is 47.1. The van der Waals surface area contributed by atoms with Gasteiger partial charge < -0.3 is 15.4 Å². The van der Waals surface area contributed by atoms with E-state index >= 15 is 0 Å². The molecule has 0 aromatic heterocycles. The van der Waals surface area contributed by atoms with Crippen molar-refractivity contribution in [2.45, 2.75) is 26.9 Å². The summed E-state index contributed by atoms with van der Waals surface area (Å²) in [7, 11) is 1.42. The molecule has 2 rings (SSSR count). The predicted octanol–water partition coefficient (Wildman–Crippen LogP) is 3.21. The van der Waals surface area contributed by atoms with Crippen LogP contribution < -0.4 is 10.6 Å². The zero-order valence-corrected chi connectivity index (χ0v) is 17.8. The van der Waals surface area contributed by atoms with Crippen LogP contribution >= 0.6 is 0 Å². The van der Waals surface area contributed by atoms with E-state index in [1.807, 2.05) is 0 Å². The van der Waals surface area contributed by atoms with Crippen LogP contribution in [0.5, 0.6) is 0 Å². The molecule has 9 nitrogen and oxygen atoms in total. The maximum Gasteiger partial charge on any atom is 0.269 e. The van der Waals surface area contributed by atoms with Gasteiger partial charge >= 0.3 is 0 Å². The number of Topliss-reactive ketones (excluding diaryl/α,β-unsaturated/α-hetero) is 1. The van der Waals surface area contributed by atoms with Crippen LogP contribution in [0.4, 0.5) is 11.4 Å². The highest BCUT2D eigenvalue weighted by Crippen LogP contribution is 2.18. The third-order valence-electron chi connectivity index (χ3n) is 4.51. The van der Waals surface area contributed by atoms with E-state index in [4.69, 9.17) is 4.74 Å². The van der Waals surface area contributed by atoms with Gasteiger partial charge in [-0.05, 0) is 36.4 Å². The van der Waals surface area contributed by atoms with E-state index in [9.17, 15) is 24.5 Å². The fraction of sp³-hybridized carbons (Fsp3) is 0.318. The van der Waals surface area contributed by atoms with E-state index in [1.165, 1.54) is 43.5 Å². The minimum Gasteiger partial charge on any atom is -0.372 e. The normalized spacial score (nSPS) is 12.0. The number of amides is 2. The van der Waals surface area contributed by atoms with Crippen LogP contribution in [-0.2, 0) is 9.53 Å². The molecule has 2 aromatic carbocycles. The molecule has 0 saturated carbocycles. The Morgan fingerprint density at radius 2 is 1.48 bits per heavy atom. The molecule has 164 valence electrons. The Morgan fingerprint density at radius 1 is 0.968 bits per heavy atom. The average Bonchev–Trinajstić information content (AvgIpc) is 2.73. The lowest BCUT2D eigenvalue weighted by Gasteiger charge is -2.23. The summed E-state index contributed by atoms with van der Waals surface area (Å²) in [5.74, 6) is -0.924. The first kappa shape index (κ1) is 23.7. The zero-order chi connectivity index (χ0) is 23.2. The number of methoxy groups -OCH3 is 1. The van der Waals surface area contributed by atoms with Gasteiger partial charge in [0.2, 0.25) is 0 Å². The number of nitrogens with one attached hydrogen (secondary N) is 2. The first-order valence-corrected chi connectivity index (χ1v) is 9.54. The van der Waals surface area contributed by atoms with Gasteiger partial charge in [-0.3, -0.25) is 24.5 Å². The topological polar surface area (TPSA) is 128 Å². The molecule has 0 bridgehead atoms. The van der Waals surface area contributed by atoms with Crippen LogP contribution in [-0.4, -0.2) is 42.3 Å². The molecule has 1 atom stereocenters. The SMILES string of the molecule is COC(CNC(=O)c1ccc(NC(=O)c2ccc([N+](=O)[O-])cc2)cc1)C(=O)C(C)(C)C. The van der Waals surface area contributed by atoms with E-state index in [0.717, 1.165) is 0 Å². The van der Waals surface area contributed by atoms with E-state index < -0.39 is 22.3 Å². The van der Waals surface area contributed by atoms with Gasteiger partial charge in [-0.2, -0.15) is 0 Å². The van der Waals surface area contributed by atoms with Gasteiger partial charge in [-0.15, -0.1) is 0 Å². The maximum atomic E-state index is 12.4. The molecule has 2 amide bonds. The van der Waals surface area contributed by atoms with E-state index in [1.54, 1.807) is 32.9 Å². The second kappa shape index (κ2) is 9.94. The van der Waals surface area contributed by atoms with Gasteiger partial charge in [-0.25, -0.2) is 0 Å². The Hall–Kier alpha value is -3.59. The summed E-state index contributed by atoms with van der Waals surface area (Å²) in [5, 5.41) is 16.0. The third-order valence-corrected chi connectivity index (χ3v) is 4.51. The monoisotopic (exact) mass is 427 g/mol. The quantitative estimate of drug-likeness (QED) is 0.492. The Balaban J connectivity index is 1.96. The number of nitro groups is 1. The van der Waals surface area contributed by atoms with Crippen molar-refractivity contribution in [1.82, 2.24) is 5.32 Å². The van der Waals surface area contributed by atoms with Crippen LogP contribution in [0.3, 0.4) is 0 Å². The number of hydrogen-bond acceptors (Lipinski definition) is 6. The first-order chi connectivity index (χ1) is 14.5. The van der Waals surface area contributed by atoms with Crippen molar-refractivity contribution in [3.05, 3.63) is 69.8 Å². The maximum absolute atomic E-state index is 12.4. The van der Waals surface area contributed by atoms with Gasteiger partial charge in [0.15, 0.2) is 5.78 Å². The second-order valence-electron chi connectivity index (χ2n) is 7.88. The first-order valence-electron chi connectivity index (χ1n) is 9.54. The van der Waals surface area contributed by atoms with Crippen molar-refractivity contribution in [3.63, 3.8) is 0 Å². The minimum absolute atomic E-state index is 0.0457. The third kappa shape index (κ3) is 6.45. The molecular weight excluding hydrogens is 402 g/mol. The van der Waals surface area contributed by atoms with Crippen molar-refractivity contribution >= 4 is 29.0 Å². The molecule has 31 heavy (non-hydrogen) atoms. The van der Waals surface area contributed by atoms with Crippen LogP contribution in [0.15, 0.2) is 48.5 Å². The highest BCUT2D eigenvalue weighted by atomic mass is 16.6. The smallest absolute Gasteiger partial charge is 0.269 e. The van der Waals surface area contributed by atoms with Gasteiger partial charge in [0.05, 0.1) is 11.5 Å². The fourth-order valence-electron chi connectivity index (χ4n) is 2.70. The fourth-order valence-corrected chi connectivity index (χ4v) is 2.70. The van der Waals surface area contributed by atoms with E-state index in [0.29, 0.717) is 11.3 Å². The number of ketones is 1. The lowest BCUT2D eigenvalue weighted by atomic mass is 9.87. The molecule has 0 aliphatic carbocycles. The standard InChI is InChI=1S/C22H25N3O6/c1-22(2,3)19(26)18(31-4)13-23-20(27)14-5-9-16(10-6-14)24-21(28)15-7-11-17(12-8-15)25(29)30/h5-12,18H,13H2,1-4H3,(H,23,27)(H,24,28). The molecule has 0 aliphatic heterocycles. The lowest BCUT2D eigenvalue weighted by molar-refractivity contribution is -0.384. The number of carbonyl (C=O) groups excluding carboxylic acids is 3. The molecule has 9 heteroatoms. The summed E-state index contributed by atoms with van der Waals surface area (Å²) in [6.45, 7) is 5.40. The Labute approximate surface area is 179 Å². The van der Waals surface area contributed by atoms with Gasteiger partial charge in [0.25, 0.3) is 17.5 Å². The number of carbonyl (C=O) groups is 3. The Kier molecular flexibility index (Phi) is 7.60. The summed E-state index contributed by atoms with van der Waals surface area (Å²) in [6, 6.07) is 11.4. The molecule has 0 saturated heterocycles. The number of hydrogen-bond donors (Lipinski definition) is 2. The molecule has 1 unspecified atom stereocenters. The minimum atomic E-state index is -0.746. The largest absolute Gasteiger partial charge is 0.372 e. The zero-order valence-electron chi connectivity index (χ0n) is 17.8. The van der Waals surface area contributed by atoms with Crippen molar-refractivity contribution < 1.29 is 24.0 Å². The molecular formula is C22H25N3O6. The molecule has 0 aliphatic rings. The lowest BCUT2D eigenvalue weighted by Crippen LogP contribution is -2.42. The Morgan fingerprint density at radius 3 is 1.97 bits per heavy atom. The number of anilines is 1. The number of nitro benzene ring substituents is 1. The molecule has 2 aromatic rings. The van der Waals surface area contributed by atoms with Crippen molar-refractivity contribution in [2.24, 2.45) is 5.41 Å². The van der Waals surface area contributed by atoms with Crippen molar-refractivity contribution in [2.75, 3.05) is 19.0 Å². The predicted molar refractivity (Wildman–Crippen MR) is 115 cm³/mol. The number of non-ortho nitro benzene ring substituents is 1. The van der Waals surface area contributed by atoms with Crippen LogP contribution in [0.1, 0.15) is 41.5 Å². The van der Waals surface area contributed by atoms with Gasteiger partial charge in [0, 0.05) is 41.5 Å². The highest BCUT2D eigenvalue weighted by Gasteiger charge is 2.29. The summed E-state index contributed by atoms with van der Waals surface area (Å²) in [6.07, 6.45) is -0.746. The molecule has 0 radical (unpaired) electrons. The number of benzene rings is 2. The van der Waals surface area contributed by atoms with Crippen LogP contribution in [0.25, 0.3) is 0 Å². The second-order valence-corrected chi connectivity index (χ2v) is 7.88. The van der Waals surface area contributed by atoms with Gasteiger partial charge in [0.1, 0.15) is 6.10 Å². The number of nitrogens with zero attached hydrogens (tertiary/aromatic N) is 1. The molecule has 0 heterocycles. The van der Waals surface area contributed by atoms with E-state index in [-0.39, 0.29) is 29.5 Å². The van der Waals surface area contributed by atoms with Crippen LogP contribution in [0, 0.1) is 15.5 Å². The van der Waals surface area contributed by atoms with Crippen molar-refractivity contribution in [1.29, 1.82) is 0 Å². The Bertz CT molecular complexity index is 962. The summed E-state index contributed by atoms with van der Waals surface area (Å²) in [5.41, 5.74) is 0.381. The molecule has 2 N–H and O–H groups in total. The summed E-state index contributed by atoms with van der Waals surface area (Å²) >= 11 is 0. The highest BCUT2D eigenvalue weighted by molar-refractivity contribution is 6.04. The van der Waals surface area contributed by atoms with E-state index in [2.05, 4.69) is 10.6 Å². The average molecular weight is 427 g/mol. The van der Waals surface area contributed by atoms with Gasteiger partial charge in [-0.1, -0.05) is 20.8 Å². The van der Waals surface area contributed by atoms with Crippen molar-refractivity contribution in [3.8, 4) is 0 Å². The number of rotatable bonds is 8. The van der Waals surface area contributed by atoms with Crippen LogP contribution in [0.2, 0.25) is 0 Å². The molecule has 0 spiro atoms.